The Morgan fingerprint density at radius 3 is 2.35 bits per heavy atom. The zero-order valence-electron chi connectivity index (χ0n) is 12.0. The van der Waals surface area contributed by atoms with Gasteiger partial charge in [-0.15, -0.1) is 0 Å². The molecule has 0 heterocycles. The Balaban J connectivity index is 2.49. The van der Waals surface area contributed by atoms with Gasteiger partial charge in [0.05, 0.1) is 0 Å². The van der Waals surface area contributed by atoms with E-state index in [0.29, 0.717) is 0 Å². The minimum absolute atomic E-state index is 0.786. The van der Waals surface area contributed by atoms with Crippen LogP contribution in [0.3, 0.4) is 0 Å². The number of carboxylic acid groups (broad SMARTS) is 1. The van der Waals surface area contributed by atoms with Gasteiger partial charge in [-0.05, 0) is 44.0 Å². The average Bonchev–Trinajstić information content (AvgIpc) is 2.42. The Hall–Kier alpha value is -2.29. The molecule has 0 aliphatic carbocycles. The molecule has 0 aliphatic heterocycles. The summed E-state index contributed by atoms with van der Waals surface area (Å²) in [6.45, 7) is 5.60. The molecule has 2 N–H and O–H groups in total. The van der Waals surface area contributed by atoms with Gasteiger partial charge >= 0.3 is 5.97 Å². The molecule has 0 aliphatic rings. The fourth-order valence-electron chi connectivity index (χ4n) is 2.32. The second-order valence-electron chi connectivity index (χ2n) is 5.24. The SMILES string of the molecule is Cc1ccc(C)c(C(C)(Nc2ccccc2)C(=O)O)c1. The fraction of sp³-hybridized carbons (Fsp3) is 0.235. The number of carbonyl (C=O) groups is 1. The topological polar surface area (TPSA) is 49.3 Å². The van der Waals surface area contributed by atoms with Crippen LogP contribution in [0.15, 0.2) is 48.5 Å². The molecule has 1 unspecified atom stereocenters. The van der Waals surface area contributed by atoms with Crippen LogP contribution in [0.1, 0.15) is 23.6 Å². The predicted molar refractivity (Wildman–Crippen MR) is 81.0 cm³/mol. The number of hydrogen-bond acceptors (Lipinski definition) is 2. The second kappa shape index (κ2) is 5.37. The van der Waals surface area contributed by atoms with Crippen LogP contribution in [0.4, 0.5) is 5.69 Å². The predicted octanol–water partition coefficient (Wildman–Crippen LogP) is 3.72. The minimum atomic E-state index is -1.16. The number of nitrogens with one attached hydrogen (secondary N) is 1. The molecular formula is C17H19NO2. The molecule has 20 heavy (non-hydrogen) atoms. The molecule has 3 heteroatoms. The summed E-state index contributed by atoms with van der Waals surface area (Å²) in [5.74, 6) is -0.893. The van der Waals surface area contributed by atoms with E-state index >= 15 is 0 Å². The van der Waals surface area contributed by atoms with E-state index in [0.717, 1.165) is 22.4 Å². The van der Waals surface area contributed by atoms with Crippen LogP contribution in [0.25, 0.3) is 0 Å². The second-order valence-corrected chi connectivity index (χ2v) is 5.24. The number of benzene rings is 2. The third-order valence-electron chi connectivity index (χ3n) is 3.53. The number of carboxylic acids is 1. The lowest BCUT2D eigenvalue weighted by molar-refractivity contribution is -0.142. The molecule has 0 bridgehead atoms. The van der Waals surface area contributed by atoms with Gasteiger partial charge in [-0.2, -0.15) is 0 Å². The molecule has 0 saturated carbocycles. The van der Waals surface area contributed by atoms with Gasteiger partial charge in [-0.25, -0.2) is 4.79 Å². The van der Waals surface area contributed by atoms with Crippen LogP contribution in [-0.2, 0) is 10.3 Å². The summed E-state index contributed by atoms with van der Waals surface area (Å²) in [4.78, 5) is 11.8. The molecule has 0 amide bonds. The summed E-state index contributed by atoms with van der Waals surface area (Å²) in [6.07, 6.45) is 0. The molecule has 0 saturated heterocycles. The van der Waals surface area contributed by atoms with Gasteiger partial charge in [0.15, 0.2) is 5.54 Å². The van der Waals surface area contributed by atoms with Crippen molar-refractivity contribution in [3.05, 3.63) is 65.2 Å². The third-order valence-corrected chi connectivity index (χ3v) is 3.53. The highest BCUT2D eigenvalue weighted by atomic mass is 16.4. The van der Waals surface area contributed by atoms with E-state index in [-0.39, 0.29) is 0 Å². The zero-order chi connectivity index (χ0) is 14.8. The third kappa shape index (κ3) is 2.67. The molecule has 0 fully saturated rings. The molecule has 0 radical (unpaired) electrons. The highest BCUT2D eigenvalue weighted by Crippen LogP contribution is 2.29. The Morgan fingerprint density at radius 1 is 1.10 bits per heavy atom. The first-order valence-electron chi connectivity index (χ1n) is 6.58. The number of anilines is 1. The van der Waals surface area contributed by atoms with Crippen molar-refractivity contribution in [3.8, 4) is 0 Å². The molecular weight excluding hydrogens is 250 g/mol. The molecule has 0 spiro atoms. The van der Waals surface area contributed by atoms with Crippen molar-refractivity contribution in [2.24, 2.45) is 0 Å². The van der Waals surface area contributed by atoms with E-state index < -0.39 is 11.5 Å². The number of aryl methyl sites for hydroxylation is 2. The normalized spacial score (nSPS) is 13.6. The first kappa shape index (κ1) is 14.1. The Morgan fingerprint density at radius 2 is 1.75 bits per heavy atom. The highest BCUT2D eigenvalue weighted by molar-refractivity contribution is 5.84. The quantitative estimate of drug-likeness (QED) is 0.889. The van der Waals surface area contributed by atoms with E-state index in [4.69, 9.17) is 0 Å². The maximum absolute atomic E-state index is 11.8. The molecule has 2 rings (SSSR count). The Kier molecular flexibility index (Phi) is 3.79. The fourth-order valence-corrected chi connectivity index (χ4v) is 2.32. The minimum Gasteiger partial charge on any atom is -0.479 e. The summed E-state index contributed by atoms with van der Waals surface area (Å²) in [5.41, 5.74) is 2.43. The summed E-state index contributed by atoms with van der Waals surface area (Å²) in [6, 6.07) is 15.3. The van der Waals surface area contributed by atoms with Crippen molar-refractivity contribution in [2.75, 3.05) is 5.32 Å². The van der Waals surface area contributed by atoms with Gasteiger partial charge in [0.2, 0.25) is 0 Å². The molecule has 2 aromatic carbocycles. The maximum atomic E-state index is 11.8. The molecule has 104 valence electrons. The first-order chi connectivity index (χ1) is 9.43. The van der Waals surface area contributed by atoms with E-state index in [2.05, 4.69) is 5.32 Å². The lowest BCUT2D eigenvalue weighted by Crippen LogP contribution is -2.41. The van der Waals surface area contributed by atoms with Crippen molar-refractivity contribution in [1.82, 2.24) is 0 Å². The van der Waals surface area contributed by atoms with E-state index in [1.54, 1.807) is 6.92 Å². The number of hydrogen-bond donors (Lipinski definition) is 2. The van der Waals surface area contributed by atoms with Gasteiger partial charge in [0, 0.05) is 5.69 Å². The Labute approximate surface area is 119 Å². The summed E-state index contributed by atoms with van der Waals surface area (Å²) >= 11 is 0. The lowest BCUT2D eigenvalue weighted by Gasteiger charge is -2.29. The van der Waals surface area contributed by atoms with Crippen LogP contribution >= 0.6 is 0 Å². The van der Waals surface area contributed by atoms with Crippen molar-refractivity contribution < 1.29 is 9.90 Å². The molecule has 0 aromatic heterocycles. The monoisotopic (exact) mass is 269 g/mol. The van der Waals surface area contributed by atoms with Gasteiger partial charge in [-0.3, -0.25) is 0 Å². The molecule has 3 nitrogen and oxygen atoms in total. The maximum Gasteiger partial charge on any atom is 0.333 e. The van der Waals surface area contributed by atoms with Crippen LogP contribution in [-0.4, -0.2) is 11.1 Å². The average molecular weight is 269 g/mol. The van der Waals surface area contributed by atoms with Crippen LogP contribution in [0, 0.1) is 13.8 Å². The van der Waals surface area contributed by atoms with Crippen molar-refractivity contribution >= 4 is 11.7 Å². The van der Waals surface area contributed by atoms with Crippen molar-refractivity contribution in [2.45, 2.75) is 26.3 Å². The number of para-hydroxylation sites is 1. The molecule has 1 atom stereocenters. The van der Waals surface area contributed by atoms with E-state index in [1.165, 1.54) is 0 Å². The highest BCUT2D eigenvalue weighted by Gasteiger charge is 2.36. The smallest absolute Gasteiger partial charge is 0.333 e. The van der Waals surface area contributed by atoms with Gasteiger partial charge < -0.3 is 10.4 Å². The van der Waals surface area contributed by atoms with Crippen LogP contribution < -0.4 is 5.32 Å². The van der Waals surface area contributed by atoms with Gasteiger partial charge in [0.1, 0.15) is 0 Å². The number of rotatable bonds is 4. The Bertz CT molecular complexity index is 622. The van der Waals surface area contributed by atoms with Gasteiger partial charge in [-0.1, -0.05) is 42.0 Å². The first-order valence-corrected chi connectivity index (χ1v) is 6.58. The van der Waals surface area contributed by atoms with Gasteiger partial charge in [0.25, 0.3) is 0 Å². The summed E-state index contributed by atoms with van der Waals surface area (Å²) in [5, 5.41) is 12.8. The number of aliphatic carboxylic acids is 1. The van der Waals surface area contributed by atoms with Crippen LogP contribution in [0.2, 0.25) is 0 Å². The van der Waals surface area contributed by atoms with E-state index in [9.17, 15) is 9.90 Å². The summed E-state index contributed by atoms with van der Waals surface area (Å²) in [7, 11) is 0. The standard InChI is InChI=1S/C17H19NO2/c1-12-9-10-13(2)15(11-12)17(3,16(19)20)18-14-7-5-4-6-8-14/h4-11,18H,1-3H3,(H,19,20). The van der Waals surface area contributed by atoms with Crippen molar-refractivity contribution in [3.63, 3.8) is 0 Å². The van der Waals surface area contributed by atoms with Crippen molar-refractivity contribution in [1.29, 1.82) is 0 Å². The lowest BCUT2D eigenvalue weighted by atomic mass is 9.87. The zero-order valence-corrected chi connectivity index (χ0v) is 12.0. The molecule has 2 aromatic rings. The van der Waals surface area contributed by atoms with E-state index in [1.807, 2.05) is 62.4 Å². The van der Waals surface area contributed by atoms with Crippen LogP contribution in [0.5, 0.6) is 0 Å². The largest absolute Gasteiger partial charge is 0.479 e. The summed E-state index contributed by atoms with van der Waals surface area (Å²) < 4.78 is 0.